The van der Waals surface area contributed by atoms with Gasteiger partial charge in [-0.3, -0.25) is 0 Å². The van der Waals surface area contributed by atoms with E-state index in [9.17, 15) is 0 Å². The molecule has 2 nitrogen and oxygen atoms in total. The van der Waals surface area contributed by atoms with E-state index in [1.54, 1.807) is 0 Å². The third-order valence-corrected chi connectivity index (χ3v) is 2.40. The minimum Gasteiger partial charge on any atom is -0.324 e. The standard InChI is InChI=1S/C12H16N2/c1-2-13-7-6-11-9-12-5-3-4-8-14(12)10-11/h3-5,8-10,13H,2,6-7H2,1H3. The smallest absolute Gasteiger partial charge is 0.0452 e. The van der Waals surface area contributed by atoms with E-state index in [-0.39, 0.29) is 0 Å². The molecule has 0 fully saturated rings. The summed E-state index contributed by atoms with van der Waals surface area (Å²) in [5.41, 5.74) is 2.68. The maximum Gasteiger partial charge on any atom is 0.0452 e. The molecule has 0 amide bonds. The average Bonchev–Trinajstić information content (AvgIpc) is 2.60. The highest BCUT2D eigenvalue weighted by molar-refractivity contribution is 5.50. The van der Waals surface area contributed by atoms with Gasteiger partial charge in [0.25, 0.3) is 0 Å². The number of fused-ring (bicyclic) bond motifs is 1. The van der Waals surface area contributed by atoms with Gasteiger partial charge >= 0.3 is 0 Å². The Hall–Kier alpha value is -1.28. The van der Waals surface area contributed by atoms with Crippen molar-refractivity contribution in [2.75, 3.05) is 13.1 Å². The Morgan fingerprint density at radius 3 is 3.07 bits per heavy atom. The summed E-state index contributed by atoms with van der Waals surface area (Å²) >= 11 is 0. The summed E-state index contributed by atoms with van der Waals surface area (Å²) in [4.78, 5) is 0. The Kier molecular flexibility index (Phi) is 2.84. The van der Waals surface area contributed by atoms with Gasteiger partial charge in [-0.15, -0.1) is 0 Å². The normalized spacial score (nSPS) is 10.9. The molecule has 2 heteroatoms. The van der Waals surface area contributed by atoms with Crippen molar-refractivity contribution < 1.29 is 0 Å². The number of aromatic nitrogens is 1. The van der Waals surface area contributed by atoms with Crippen molar-refractivity contribution >= 4 is 5.52 Å². The van der Waals surface area contributed by atoms with E-state index in [0.717, 1.165) is 19.5 Å². The lowest BCUT2D eigenvalue weighted by Crippen LogP contribution is -2.15. The van der Waals surface area contributed by atoms with Crippen LogP contribution in [-0.4, -0.2) is 17.5 Å². The van der Waals surface area contributed by atoms with Crippen molar-refractivity contribution in [1.82, 2.24) is 9.72 Å². The van der Waals surface area contributed by atoms with Gasteiger partial charge in [0.1, 0.15) is 0 Å². The SMILES string of the molecule is CCNCCc1cc2ccccn2c1. The Morgan fingerprint density at radius 1 is 1.36 bits per heavy atom. The van der Waals surface area contributed by atoms with Crippen LogP contribution in [0, 0.1) is 0 Å². The molecule has 0 aliphatic rings. The second-order valence-electron chi connectivity index (χ2n) is 3.48. The largest absolute Gasteiger partial charge is 0.324 e. The van der Waals surface area contributed by atoms with E-state index in [0.29, 0.717) is 0 Å². The summed E-state index contributed by atoms with van der Waals surface area (Å²) in [7, 11) is 0. The van der Waals surface area contributed by atoms with Crippen LogP contribution in [0.2, 0.25) is 0 Å². The molecule has 2 rings (SSSR count). The fraction of sp³-hybridized carbons (Fsp3) is 0.333. The number of hydrogen-bond acceptors (Lipinski definition) is 1. The minimum atomic E-state index is 1.05. The lowest BCUT2D eigenvalue weighted by atomic mass is 10.2. The maximum absolute atomic E-state index is 3.33. The van der Waals surface area contributed by atoms with Gasteiger partial charge in [-0.2, -0.15) is 0 Å². The molecule has 2 heterocycles. The first-order valence-electron chi connectivity index (χ1n) is 5.16. The van der Waals surface area contributed by atoms with E-state index in [1.165, 1.54) is 11.1 Å². The Balaban J connectivity index is 2.11. The number of pyridine rings is 1. The van der Waals surface area contributed by atoms with Crippen LogP contribution in [0.1, 0.15) is 12.5 Å². The summed E-state index contributed by atoms with van der Waals surface area (Å²) in [6.07, 6.45) is 5.40. The molecule has 2 aromatic rings. The predicted molar refractivity (Wildman–Crippen MR) is 59.6 cm³/mol. The number of rotatable bonds is 4. The highest BCUT2D eigenvalue weighted by atomic mass is 14.9. The first kappa shape index (κ1) is 9.28. The van der Waals surface area contributed by atoms with Gasteiger partial charge in [-0.05, 0) is 43.3 Å². The predicted octanol–water partition coefficient (Wildman–Crippen LogP) is 2.09. The number of hydrogen-bond donors (Lipinski definition) is 1. The fourth-order valence-corrected chi connectivity index (χ4v) is 1.66. The molecule has 0 saturated carbocycles. The van der Waals surface area contributed by atoms with Crippen LogP contribution in [0.5, 0.6) is 0 Å². The second-order valence-corrected chi connectivity index (χ2v) is 3.48. The highest BCUT2D eigenvalue weighted by Crippen LogP contribution is 2.09. The summed E-state index contributed by atoms with van der Waals surface area (Å²) in [6.45, 7) is 4.25. The molecular weight excluding hydrogens is 172 g/mol. The van der Waals surface area contributed by atoms with Crippen molar-refractivity contribution in [3.63, 3.8) is 0 Å². The Labute approximate surface area is 84.6 Å². The van der Waals surface area contributed by atoms with Gasteiger partial charge in [0, 0.05) is 17.9 Å². The molecule has 2 aromatic heterocycles. The second kappa shape index (κ2) is 4.29. The van der Waals surface area contributed by atoms with E-state index in [4.69, 9.17) is 0 Å². The van der Waals surface area contributed by atoms with Gasteiger partial charge in [0.15, 0.2) is 0 Å². The van der Waals surface area contributed by atoms with Crippen LogP contribution in [-0.2, 0) is 6.42 Å². The molecule has 0 radical (unpaired) electrons. The van der Waals surface area contributed by atoms with Gasteiger partial charge in [0.2, 0.25) is 0 Å². The van der Waals surface area contributed by atoms with Crippen LogP contribution < -0.4 is 5.32 Å². The lowest BCUT2D eigenvalue weighted by molar-refractivity contribution is 0.716. The molecule has 0 bridgehead atoms. The van der Waals surface area contributed by atoms with E-state index < -0.39 is 0 Å². The summed E-state index contributed by atoms with van der Waals surface area (Å²) in [5.74, 6) is 0. The van der Waals surface area contributed by atoms with Gasteiger partial charge in [-0.1, -0.05) is 13.0 Å². The molecule has 74 valence electrons. The third kappa shape index (κ3) is 1.96. The molecule has 0 aromatic carbocycles. The zero-order valence-corrected chi connectivity index (χ0v) is 8.53. The molecule has 0 aliphatic carbocycles. The average molecular weight is 188 g/mol. The van der Waals surface area contributed by atoms with Crippen LogP contribution in [0.25, 0.3) is 5.52 Å². The van der Waals surface area contributed by atoms with Crippen LogP contribution >= 0.6 is 0 Å². The monoisotopic (exact) mass is 188 g/mol. The first-order chi connectivity index (χ1) is 6.90. The van der Waals surface area contributed by atoms with E-state index >= 15 is 0 Å². The Morgan fingerprint density at radius 2 is 2.29 bits per heavy atom. The summed E-state index contributed by atoms with van der Waals surface area (Å²) in [5, 5.41) is 3.33. The van der Waals surface area contributed by atoms with Crippen molar-refractivity contribution in [2.45, 2.75) is 13.3 Å². The van der Waals surface area contributed by atoms with Crippen LogP contribution in [0.15, 0.2) is 36.7 Å². The van der Waals surface area contributed by atoms with Gasteiger partial charge in [0.05, 0.1) is 0 Å². The molecule has 0 spiro atoms. The van der Waals surface area contributed by atoms with Crippen molar-refractivity contribution in [1.29, 1.82) is 0 Å². The molecule has 0 aliphatic heterocycles. The van der Waals surface area contributed by atoms with Gasteiger partial charge < -0.3 is 9.72 Å². The minimum absolute atomic E-state index is 1.05. The number of nitrogens with zero attached hydrogens (tertiary/aromatic N) is 1. The molecule has 14 heavy (non-hydrogen) atoms. The van der Waals surface area contributed by atoms with E-state index in [1.807, 2.05) is 0 Å². The van der Waals surface area contributed by atoms with Crippen LogP contribution in [0.3, 0.4) is 0 Å². The van der Waals surface area contributed by atoms with Crippen LogP contribution in [0.4, 0.5) is 0 Å². The number of likely N-dealkylation sites (N-methyl/N-ethyl adjacent to an activating group) is 1. The van der Waals surface area contributed by atoms with Crippen molar-refractivity contribution in [3.05, 3.63) is 42.2 Å². The number of nitrogens with one attached hydrogen (secondary N) is 1. The molecule has 0 atom stereocenters. The van der Waals surface area contributed by atoms with Crippen molar-refractivity contribution in [2.24, 2.45) is 0 Å². The first-order valence-corrected chi connectivity index (χ1v) is 5.16. The molecule has 0 saturated heterocycles. The van der Waals surface area contributed by atoms with Crippen molar-refractivity contribution in [3.8, 4) is 0 Å². The summed E-state index contributed by atoms with van der Waals surface area (Å²) < 4.78 is 2.17. The molecule has 0 unspecified atom stereocenters. The maximum atomic E-state index is 3.33. The zero-order chi connectivity index (χ0) is 9.80. The zero-order valence-electron chi connectivity index (χ0n) is 8.53. The van der Waals surface area contributed by atoms with E-state index in [2.05, 4.69) is 53.3 Å². The summed E-state index contributed by atoms with van der Waals surface area (Å²) in [6, 6.07) is 8.51. The lowest BCUT2D eigenvalue weighted by Gasteiger charge is -1.97. The highest BCUT2D eigenvalue weighted by Gasteiger charge is 1.97. The van der Waals surface area contributed by atoms with Gasteiger partial charge in [-0.25, -0.2) is 0 Å². The molecular formula is C12H16N2. The molecule has 1 N–H and O–H groups in total. The quantitative estimate of drug-likeness (QED) is 0.727. The Bertz CT molecular complexity index is 370. The topological polar surface area (TPSA) is 16.4 Å². The third-order valence-electron chi connectivity index (χ3n) is 2.40. The fourth-order valence-electron chi connectivity index (χ4n) is 1.66.